The maximum atomic E-state index is 13.0. The third-order valence-electron chi connectivity index (χ3n) is 4.23. The summed E-state index contributed by atoms with van der Waals surface area (Å²) in [5.74, 6) is 0.360. The number of para-hydroxylation sites is 2. The van der Waals surface area contributed by atoms with Gasteiger partial charge in [-0.15, -0.1) is 0 Å². The highest BCUT2D eigenvalue weighted by atomic mass is 16.6. The molecule has 0 N–H and O–H groups in total. The average Bonchev–Trinajstić information content (AvgIpc) is 2.74. The molecule has 4 rings (SSSR count). The van der Waals surface area contributed by atoms with Crippen LogP contribution < -0.4 is 5.56 Å². The van der Waals surface area contributed by atoms with Crippen molar-refractivity contribution in [3.8, 4) is 11.4 Å². The van der Waals surface area contributed by atoms with E-state index < -0.39 is 4.92 Å². The molecule has 0 aliphatic rings. The number of hydrogen-bond acceptors (Lipinski definition) is 5. The molecule has 3 aromatic carbocycles. The van der Waals surface area contributed by atoms with E-state index in [1.165, 1.54) is 17.0 Å². The Morgan fingerprint density at radius 3 is 2.39 bits per heavy atom. The zero-order valence-electron chi connectivity index (χ0n) is 14.6. The molecule has 0 aliphatic heterocycles. The summed E-state index contributed by atoms with van der Waals surface area (Å²) in [5.41, 5.74) is 1.13. The number of nitro benzene ring substituents is 1. The average molecular weight is 370 g/mol. The normalized spacial score (nSPS) is 11.1. The zero-order chi connectivity index (χ0) is 19.5. The van der Waals surface area contributed by atoms with Gasteiger partial charge in [-0.3, -0.25) is 14.9 Å². The van der Waals surface area contributed by atoms with E-state index in [1.807, 2.05) is 36.4 Å². The van der Waals surface area contributed by atoms with Gasteiger partial charge in [0.2, 0.25) is 0 Å². The van der Waals surface area contributed by atoms with E-state index in [1.54, 1.807) is 36.4 Å². The topological polar surface area (TPSA) is 90.4 Å². The van der Waals surface area contributed by atoms with Crippen molar-refractivity contribution in [2.75, 3.05) is 0 Å². The highest BCUT2D eigenvalue weighted by molar-refractivity contribution is 5.85. The van der Waals surface area contributed by atoms with Gasteiger partial charge < -0.3 is 0 Å². The number of hydrogen-bond donors (Lipinski definition) is 0. The maximum absolute atomic E-state index is 13.0. The van der Waals surface area contributed by atoms with E-state index in [0.29, 0.717) is 27.9 Å². The van der Waals surface area contributed by atoms with Gasteiger partial charge in [0.1, 0.15) is 0 Å². The molecule has 0 spiro atoms. The van der Waals surface area contributed by atoms with E-state index in [4.69, 9.17) is 0 Å². The summed E-state index contributed by atoms with van der Waals surface area (Å²) in [7, 11) is 0. The van der Waals surface area contributed by atoms with Crippen LogP contribution in [-0.4, -0.2) is 20.8 Å². The SMILES string of the molecule is O=c1c2ccccc2nc(-c2ccccc2)n1/N=C\c1ccccc1[N+](=O)[O-]. The first kappa shape index (κ1) is 17.3. The first-order valence-electron chi connectivity index (χ1n) is 8.50. The van der Waals surface area contributed by atoms with Gasteiger partial charge in [0.25, 0.3) is 11.2 Å². The molecule has 7 heteroatoms. The monoisotopic (exact) mass is 370 g/mol. The van der Waals surface area contributed by atoms with Crippen LogP contribution in [0, 0.1) is 10.1 Å². The van der Waals surface area contributed by atoms with Gasteiger partial charge in [-0.1, -0.05) is 54.6 Å². The van der Waals surface area contributed by atoms with Crippen molar-refractivity contribution in [3.05, 3.63) is 105 Å². The Morgan fingerprint density at radius 1 is 0.929 bits per heavy atom. The van der Waals surface area contributed by atoms with Crippen molar-refractivity contribution in [2.24, 2.45) is 5.10 Å². The molecular formula is C21H14N4O3. The number of nitro groups is 1. The Kier molecular flexibility index (Phi) is 4.47. The molecule has 0 saturated carbocycles. The number of fused-ring (bicyclic) bond motifs is 1. The maximum Gasteiger partial charge on any atom is 0.282 e. The summed E-state index contributed by atoms with van der Waals surface area (Å²) in [4.78, 5) is 28.4. The Balaban J connectivity index is 1.95. The molecule has 7 nitrogen and oxygen atoms in total. The molecule has 1 heterocycles. The smallest absolute Gasteiger partial charge is 0.267 e. The Bertz CT molecular complexity index is 1260. The molecule has 1 aromatic heterocycles. The minimum Gasteiger partial charge on any atom is -0.267 e. The summed E-state index contributed by atoms with van der Waals surface area (Å²) in [6.45, 7) is 0. The van der Waals surface area contributed by atoms with E-state index in [9.17, 15) is 14.9 Å². The van der Waals surface area contributed by atoms with Crippen LogP contribution in [0.15, 0.2) is 88.8 Å². The van der Waals surface area contributed by atoms with Crippen LogP contribution in [0.25, 0.3) is 22.3 Å². The van der Waals surface area contributed by atoms with E-state index in [0.717, 1.165) is 0 Å². The second-order valence-corrected chi connectivity index (χ2v) is 6.00. The fourth-order valence-electron chi connectivity index (χ4n) is 2.89. The van der Waals surface area contributed by atoms with E-state index in [2.05, 4.69) is 10.1 Å². The van der Waals surface area contributed by atoms with Crippen LogP contribution >= 0.6 is 0 Å². The van der Waals surface area contributed by atoms with Crippen LogP contribution in [0.4, 0.5) is 5.69 Å². The molecule has 136 valence electrons. The lowest BCUT2D eigenvalue weighted by Crippen LogP contribution is -2.20. The van der Waals surface area contributed by atoms with Crippen molar-refractivity contribution < 1.29 is 4.92 Å². The van der Waals surface area contributed by atoms with Gasteiger partial charge in [-0.05, 0) is 18.2 Å². The fourth-order valence-corrected chi connectivity index (χ4v) is 2.89. The lowest BCUT2D eigenvalue weighted by molar-refractivity contribution is -0.385. The van der Waals surface area contributed by atoms with Gasteiger partial charge in [0.05, 0.1) is 27.6 Å². The molecular weight excluding hydrogens is 356 g/mol. The van der Waals surface area contributed by atoms with Gasteiger partial charge in [0.15, 0.2) is 5.82 Å². The summed E-state index contributed by atoms with van der Waals surface area (Å²) >= 11 is 0. The largest absolute Gasteiger partial charge is 0.282 e. The predicted molar refractivity (Wildman–Crippen MR) is 108 cm³/mol. The molecule has 0 radical (unpaired) electrons. The molecule has 0 atom stereocenters. The molecule has 0 bridgehead atoms. The molecule has 0 aliphatic carbocycles. The van der Waals surface area contributed by atoms with Crippen molar-refractivity contribution >= 4 is 22.8 Å². The summed E-state index contributed by atoms with van der Waals surface area (Å²) in [6.07, 6.45) is 1.31. The number of nitrogens with zero attached hydrogens (tertiary/aromatic N) is 4. The van der Waals surface area contributed by atoms with Crippen molar-refractivity contribution in [3.63, 3.8) is 0 Å². The number of aromatic nitrogens is 2. The van der Waals surface area contributed by atoms with Gasteiger partial charge in [-0.25, -0.2) is 4.98 Å². The first-order valence-corrected chi connectivity index (χ1v) is 8.50. The molecule has 0 unspecified atom stereocenters. The second-order valence-electron chi connectivity index (χ2n) is 6.00. The summed E-state index contributed by atoms with van der Waals surface area (Å²) in [6, 6.07) is 22.4. The summed E-state index contributed by atoms with van der Waals surface area (Å²) < 4.78 is 1.17. The van der Waals surface area contributed by atoms with Gasteiger partial charge >= 0.3 is 0 Å². The highest BCUT2D eigenvalue weighted by Gasteiger charge is 2.14. The third kappa shape index (κ3) is 3.16. The number of rotatable bonds is 4. The predicted octanol–water partition coefficient (Wildman–Crippen LogP) is 3.85. The minimum atomic E-state index is -0.485. The highest BCUT2D eigenvalue weighted by Crippen LogP contribution is 2.19. The van der Waals surface area contributed by atoms with Crippen LogP contribution in [0.5, 0.6) is 0 Å². The molecule has 28 heavy (non-hydrogen) atoms. The number of benzene rings is 3. The lowest BCUT2D eigenvalue weighted by Gasteiger charge is -2.09. The molecule has 0 saturated heterocycles. The van der Waals surface area contributed by atoms with Gasteiger partial charge in [0, 0.05) is 11.6 Å². The quantitative estimate of drug-likeness (QED) is 0.310. The Labute approximate surface area is 159 Å². The molecule has 4 aromatic rings. The molecule has 0 amide bonds. The van der Waals surface area contributed by atoms with E-state index >= 15 is 0 Å². The minimum absolute atomic E-state index is 0.0886. The van der Waals surface area contributed by atoms with Gasteiger partial charge in [-0.2, -0.15) is 9.78 Å². The Morgan fingerprint density at radius 2 is 1.61 bits per heavy atom. The van der Waals surface area contributed by atoms with Crippen LogP contribution in [0.3, 0.4) is 0 Å². The van der Waals surface area contributed by atoms with Crippen LogP contribution in [0.2, 0.25) is 0 Å². The Hall–Kier alpha value is -4.13. The van der Waals surface area contributed by atoms with Crippen molar-refractivity contribution in [1.29, 1.82) is 0 Å². The standard InChI is InChI=1S/C21H14N4O3/c26-21-17-11-5-6-12-18(17)23-20(15-8-2-1-3-9-15)24(21)22-14-16-10-4-7-13-19(16)25(27)28/h1-14H/b22-14-. The molecule has 0 fully saturated rings. The van der Waals surface area contributed by atoms with E-state index in [-0.39, 0.29) is 11.2 Å². The van der Waals surface area contributed by atoms with Crippen molar-refractivity contribution in [1.82, 2.24) is 9.66 Å². The fraction of sp³-hybridized carbons (Fsp3) is 0. The first-order chi connectivity index (χ1) is 13.6. The zero-order valence-corrected chi connectivity index (χ0v) is 14.6. The van der Waals surface area contributed by atoms with Crippen LogP contribution in [-0.2, 0) is 0 Å². The lowest BCUT2D eigenvalue weighted by atomic mass is 10.2. The van der Waals surface area contributed by atoms with Crippen molar-refractivity contribution in [2.45, 2.75) is 0 Å². The third-order valence-corrected chi connectivity index (χ3v) is 4.23. The summed E-state index contributed by atoms with van der Waals surface area (Å²) in [5, 5.41) is 15.9. The van der Waals surface area contributed by atoms with Crippen LogP contribution in [0.1, 0.15) is 5.56 Å². The second kappa shape index (κ2) is 7.24.